The molecule has 1 aromatic heterocycles. The zero-order valence-corrected chi connectivity index (χ0v) is 28.3. The van der Waals surface area contributed by atoms with Gasteiger partial charge in [0.2, 0.25) is 0 Å². The van der Waals surface area contributed by atoms with E-state index in [1.54, 1.807) is 6.20 Å². The number of ether oxygens (including phenoxy) is 4. The molecule has 0 radical (unpaired) electrons. The predicted octanol–water partition coefficient (Wildman–Crippen LogP) is 7.55. The standard InChI is InChI=1S/C38H45ClN2O6/c1-23(22-47-31-9-14-40-35-30(42)8-7-24(2)34(31)35)17-26-18-25-19-32-33(46-16-15-45-32)21-29(25)37(26)10-12-38(13-11-37,36(43)44-3)41-28-6-4-5-27(39)20-28/h4-6,9,14,19-21,23-24,26,30,41-42H,7-8,10-13,15-18,22H2,1-3H3/t23-,24-,26+,30-,37?,38?/m1/s1. The molecule has 8 nitrogen and oxygen atoms in total. The molecule has 4 aliphatic rings. The van der Waals surface area contributed by atoms with Gasteiger partial charge in [-0.3, -0.25) is 4.98 Å². The van der Waals surface area contributed by atoms with Crippen LogP contribution in [0.5, 0.6) is 17.2 Å². The highest BCUT2D eigenvalue weighted by Gasteiger charge is 2.55. The van der Waals surface area contributed by atoms with Crippen LogP contribution in [0, 0.1) is 11.8 Å². The first kappa shape index (κ1) is 32.1. The van der Waals surface area contributed by atoms with E-state index in [2.05, 4.69) is 36.3 Å². The molecule has 7 rings (SSSR count). The molecule has 47 heavy (non-hydrogen) atoms. The number of aliphatic hydroxyl groups is 1. The van der Waals surface area contributed by atoms with Gasteiger partial charge in [0.1, 0.15) is 24.5 Å². The Hall–Kier alpha value is -3.49. The van der Waals surface area contributed by atoms with E-state index in [1.807, 2.05) is 30.3 Å². The van der Waals surface area contributed by atoms with E-state index in [9.17, 15) is 9.90 Å². The van der Waals surface area contributed by atoms with Gasteiger partial charge in [0, 0.05) is 22.5 Å². The predicted molar refractivity (Wildman–Crippen MR) is 181 cm³/mol. The number of rotatable bonds is 8. The number of carbonyl (C=O) groups is 1. The molecule has 0 unspecified atom stereocenters. The second kappa shape index (κ2) is 12.8. The van der Waals surface area contributed by atoms with E-state index in [0.29, 0.717) is 49.5 Å². The molecule has 2 heterocycles. The summed E-state index contributed by atoms with van der Waals surface area (Å²) < 4.78 is 24.0. The Labute approximate surface area is 282 Å². The summed E-state index contributed by atoms with van der Waals surface area (Å²) >= 11 is 6.31. The number of esters is 1. The minimum Gasteiger partial charge on any atom is -0.493 e. The first-order valence-corrected chi connectivity index (χ1v) is 17.4. The molecule has 2 N–H and O–H groups in total. The van der Waals surface area contributed by atoms with Crippen molar-refractivity contribution in [2.24, 2.45) is 11.8 Å². The minimum absolute atomic E-state index is 0.124. The van der Waals surface area contributed by atoms with Crippen LogP contribution in [0.2, 0.25) is 5.02 Å². The molecule has 1 spiro atoms. The molecule has 1 fully saturated rings. The third-order valence-electron chi connectivity index (χ3n) is 11.2. The lowest BCUT2D eigenvalue weighted by Gasteiger charge is -2.48. The quantitative estimate of drug-likeness (QED) is 0.239. The number of nitrogens with zero attached hydrogens (tertiary/aromatic N) is 1. The molecule has 1 saturated carbocycles. The van der Waals surface area contributed by atoms with Crippen molar-refractivity contribution in [2.45, 2.75) is 88.2 Å². The number of carbonyl (C=O) groups excluding carboxylic acids is 1. The maximum absolute atomic E-state index is 13.5. The highest BCUT2D eigenvalue weighted by Crippen LogP contribution is 2.58. The summed E-state index contributed by atoms with van der Waals surface area (Å²) in [6, 6.07) is 13.9. The molecule has 3 aromatic rings. The number of fused-ring (bicyclic) bond motifs is 4. The maximum Gasteiger partial charge on any atom is 0.331 e. The van der Waals surface area contributed by atoms with Crippen LogP contribution >= 0.6 is 11.6 Å². The summed E-state index contributed by atoms with van der Waals surface area (Å²) in [5.41, 5.74) is 4.29. The lowest BCUT2D eigenvalue weighted by molar-refractivity contribution is -0.148. The van der Waals surface area contributed by atoms with Crippen LogP contribution < -0.4 is 19.5 Å². The number of hydrogen-bond acceptors (Lipinski definition) is 8. The summed E-state index contributed by atoms with van der Waals surface area (Å²) in [5, 5.41) is 14.7. The zero-order chi connectivity index (χ0) is 32.8. The number of pyridine rings is 1. The summed E-state index contributed by atoms with van der Waals surface area (Å²) in [5.74, 6) is 3.16. The van der Waals surface area contributed by atoms with Gasteiger partial charge < -0.3 is 29.4 Å². The molecule has 250 valence electrons. The molecule has 3 aliphatic carbocycles. The Morgan fingerprint density at radius 1 is 1.11 bits per heavy atom. The number of aromatic nitrogens is 1. The maximum atomic E-state index is 13.5. The first-order valence-electron chi connectivity index (χ1n) is 17.1. The van der Waals surface area contributed by atoms with Crippen molar-refractivity contribution in [3.05, 3.63) is 76.1 Å². The highest BCUT2D eigenvalue weighted by molar-refractivity contribution is 6.30. The number of aliphatic hydroxyl groups excluding tert-OH is 1. The molecular formula is C38H45ClN2O6. The van der Waals surface area contributed by atoms with E-state index in [0.717, 1.165) is 72.7 Å². The minimum atomic E-state index is -0.845. The van der Waals surface area contributed by atoms with Gasteiger partial charge in [-0.25, -0.2) is 4.79 Å². The number of hydrogen-bond donors (Lipinski definition) is 2. The average molecular weight is 661 g/mol. The lowest BCUT2D eigenvalue weighted by atomic mass is 9.59. The van der Waals surface area contributed by atoms with E-state index in [-0.39, 0.29) is 17.3 Å². The van der Waals surface area contributed by atoms with Crippen LogP contribution in [-0.2, 0) is 21.4 Å². The summed E-state index contributed by atoms with van der Waals surface area (Å²) in [4.78, 5) is 18.0. The van der Waals surface area contributed by atoms with Gasteiger partial charge in [-0.2, -0.15) is 0 Å². The fourth-order valence-corrected chi connectivity index (χ4v) is 8.99. The lowest BCUT2D eigenvalue weighted by Crippen LogP contribution is -2.53. The van der Waals surface area contributed by atoms with E-state index in [4.69, 9.17) is 30.5 Å². The average Bonchev–Trinajstić information content (AvgIpc) is 3.35. The van der Waals surface area contributed by atoms with Gasteiger partial charge in [-0.15, -0.1) is 0 Å². The van der Waals surface area contributed by atoms with Gasteiger partial charge in [-0.05, 0) is 122 Å². The van der Waals surface area contributed by atoms with E-state index >= 15 is 0 Å². The van der Waals surface area contributed by atoms with Crippen LogP contribution in [0.25, 0.3) is 0 Å². The normalized spacial score (nSPS) is 28.2. The zero-order valence-electron chi connectivity index (χ0n) is 27.5. The van der Waals surface area contributed by atoms with Crippen molar-refractivity contribution in [1.29, 1.82) is 0 Å². The first-order chi connectivity index (χ1) is 22.7. The van der Waals surface area contributed by atoms with Gasteiger partial charge in [-0.1, -0.05) is 31.5 Å². The highest BCUT2D eigenvalue weighted by atomic mass is 35.5. The fourth-order valence-electron chi connectivity index (χ4n) is 8.80. The number of benzene rings is 2. The summed E-state index contributed by atoms with van der Waals surface area (Å²) in [6.45, 7) is 6.13. The molecule has 9 heteroatoms. The van der Waals surface area contributed by atoms with Crippen molar-refractivity contribution in [2.75, 3.05) is 32.2 Å². The van der Waals surface area contributed by atoms with E-state index < -0.39 is 11.6 Å². The molecular weight excluding hydrogens is 616 g/mol. The molecule has 1 aliphatic heterocycles. The van der Waals surface area contributed by atoms with Crippen molar-refractivity contribution in [3.63, 3.8) is 0 Å². The molecule has 2 aromatic carbocycles. The molecule has 0 amide bonds. The number of nitrogens with one attached hydrogen (secondary N) is 1. The Bertz CT molecular complexity index is 1640. The van der Waals surface area contributed by atoms with Crippen molar-refractivity contribution in [1.82, 2.24) is 4.98 Å². The van der Waals surface area contributed by atoms with Crippen LogP contribution in [0.3, 0.4) is 0 Å². The second-order valence-corrected chi connectivity index (χ2v) is 14.6. The summed E-state index contributed by atoms with van der Waals surface area (Å²) in [6.07, 6.45) is 7.70. The monoisotopic (exact) mass is 660 g/mol. The van der Waals surface area contributed by atoms with Gasteiger partial charge in [0.05, 0.1) is 25.5 Å². The van der Waals surface area contributed by atoms with E-state index in [1.165, 1.54) is 18.2 Å². The SMILES string of the molecule is COC(=O)C1(Nc2cccc(Cl)c2)CCC2(CC1)c1cc3c(cc1C[C@@H]2C[C@@H](C)COc1ccnc2c1[C@H](C)CC[C@H]2O)OCCO3. The number of methoxy groups -OCH3 is 1. The fraction of sp³-hybridized carbons (Fsp3) is 0.526. The summed E-state index contributed by atoms with van der Waals surface area (Å²) in [7, 11) is 1.47. The van der Waals surface area contributed by atoms with Crippen molar-refractivity contribution >= 4 is 23.3 Å². The topological polar surface area (TPSA) is 99.1 Å². The Morgan fingerprint density at radius 3 is 2.62 bits per heavy atom. The molecule has 0 bridgehead atoms. The number of halogens is 1. The van der Waals surface area contributed by atoms with Gasteiger partial charge in [0.15, 0.2) is 11.5 Å². The van der Waals surface area contributed by atoms with Gasteiger partial charge in [0.25, 0.3) is 0 Å². The number of anilines is 1. The van der Waals surface area contributed by atoms with Gasteiger partial charge >= 0.3 is 5.97 Å². The Balaban J connectivity index is 1.15. The van der Waals surface area contributed by atoms with Crippen LogP contribution in [0.15, 0.2) is 48.7 Å². The van der Waals surface area contributed by atoms with Crippen LogP contribution in [-0.4, -0.2) is 48.5 Å². The Kier molecular flexibility index (Phi) is 8.77. The largest absolute Gasteiger partial charge is 0.493 e. The van der Waals surface area contributed by atoms with Crippen LogP contribution in [0.4, 0.5) is 5.69 Å². The molecule has 0 saturated heterocycles. The van der Waals surface area contributed by atoms with Crippen LogP contribution in [0.1, 0.15) is 93.2 Å². The molecule has 4 atom stereocenters. The van der Waals surface area contributed by atoms with Crippen molar-refractivity contribution in [3.8, 4) is 17.2 Å². The smallest absolute Gasteiger partial charge is 0.331 e. The second-order valence-electron chi connectivity index (χ2n) is 14.2. The third-order valence-corrected chi connectivity index (χ3v) is 11.4. The third kappa shape index (κ3) is 5.92. The Morgan fingerprint density at radius 2 is 1.87 bits per heavy atom. The van der Waals surface area contributed by atoms with Crippen molar-refractivity contribution < 1.29 is 28.8 Å².